The van der Waals surface area contributed by atoms with Gasteiger partial charge in [-0.3, -0.25) is 9.98 Å². The van der Waals surface area contributed by atoms with E-state index in [4.69, 9.17) is 0 Å². The van der Waals surface area contributed by atoms with E-state index in [-0.39, 0.29) is 0 Å². The summed E-state index contributed by atoms with van der Waals surface area (Å²) < 4.78 is 0. The summed E-state index contributed by atoms with van der Waals surface area (Å²) in [5, 5.41) is 6.56. The van der Waals surface area contributed by atoms with Crippen molar-refractivity contribution in [3.8, 4) is 0 Å². The Balaban J connectivity index is 1.86. The number of pyridine rings is 1. The maximum Gasteiger partial charge on any atom is 0.191 e. The molecule has 0 bridgehead atoms. The molecular weight excluding hydrogens is 248 g/mol. The Labute approximate surface area is 120 Å². The number of hydrogen-bond acceptors (Lipinski definition) is 2. The number of hydrogen-bond donors (Lipinski definition) is 2. The minimum Gasteiger partial charge on any atom is -0.352 e. The number of guanidine groups is 1. The summed E-state index contributed by atoms with van der Waals surface area (Å²) in [5.41, 5.74) is 3.54. The molecule has 0 saturated heterocycles. The summed E-state index contributed by atoms with van der Waals surface area (Å²) in [5.74, 6) is 0.777. The first-order chi connectivity index (χ1) is 9.79. The Bertz CT molecular complexity index is 564. The molecule has 0 saturated carbocycles. The normalized spacial score (nSPS) is 11.2. The first-order valence-electron chi connectivity index (χ1n) is 6.68. The molecule has 20 heavy (non-hydrogen) atoms. The van der Waals surface area contributed by atoms with Crippen LogP contribution in [0.1, 0.15) is 16.8 Å². The molecule has 1 aromatic heterocycles. The molecule has 104 valence electrons. The van der Waals surface area contributed by atoms with Gasteiger partial charge >= 0.3 is 0 Å². The molecule has 0 amide bonds. The lowest BCUT2D eigenvalue weighted by Crippen LogP contribution is -2.36. The van der Waals surface area contributed by atoms with Crippen molar-refractivity contribution in [1.29, 1.82) is 0 Å². The quantitative estimate of drug-likeness (QED) is 0.660. The van der Waals surface area contributed by atoms with Gasteiger partial charge in [0, 0.05) is 19.8 Å². The van der Waals surface area contributed by atoms with E-state index >= 15 is 0 Å². The Kier molecular flexibility index (Phi) is 5.12. The van der Waals surface area contributed by atoms with Gasteiger partial charge in [-0.15, -0.1) is 0 Å². The van der Waals surface area contributed by atoms with Crippen LogP contribution in [0.2, 0.25) is 0 Å². The standard InChI is InChI=1S/C16H20N4/c1-13-7-3-4-8-14(13)11-19-16(17-2)20-12-15-9-5-6-10-18-15/h3-10H,11-12H2,1-2H3,(H2,17,19,20). The van der Waals surface area contributed by atoms with Gasteiger partial charge in [0.2, 0.25) is 0 Å². The summed E-state index contributed by atoms with van der Waals surface area (Å²) in [4.78, 5) is 8.49. The number of rotatable bonds is 4. The molecule has 0 radical (unpaired) electrons. The van der Waals surface area contributed by atoms with Gasteiger partial charge in [0.05, 0.1) is 12.2 Å². The third kappa shape index (κ3) is 4.09. The van der Waals surface area contributed by atoms with Gasteiger partial charge < -0.3 is 10.6 Å². The molecule has 0 unspecified atom stereocenters. The highest BCUT2D eigenvalue weighted by Gasteiger charge is 2.00. The molecular formula is C16H20N4. The van der Waals surface area contributed by atoms with Gasteiger partial charge in [0.25, 0.3) is 0 Å². The zero-order chi connectivity index (χ0) is 14.2. The van der Waals surface area contributed by atoms with E-state index in [0.717, 1.165) is 18.2 Å². The van der Waals surface area contributed by atoms with Crippen LogP contribution < -0.4 is 10.6 Å². The number of nitrogens with zero attached hydrogens (tertiary/aromatic N) is 2. The molecule has 0 aliphatic carbocycles. The SMILES string of the molecule is CN=C(NCc1ccccn1)NCc1ccccc1C. The lowest BCUT2D eigenvalue weighted by Gasteiger charge is -2.12. The molecule has 0 aliphatic heterocycles. The van der Waals surface area contributed by atoms with Crippen LogP contribution in [0.4, 0.5) is 0 Å². The molecule has 0 spiro atoms. The second-order valence-corrected chi connectivity index (χ2v) is 4.53. The second-order valence-electron chi connectivity index (χ2n) is 4.53. The van der Waals surface area contributed by atoms with Crippen LogP contribution in [-0.4, -0.2) is 18.0 Å². The molecule has 2 N–H and O–H groups in total. The molecule has 2 aromatic rings. The van der Waals surface area contributed by atoms with Crippen LogP contribution in [0.25, 0.3) is 0 Å². The van der Waals surface area contributed by atoms with Crippen molar-refractivity contribution in [3.05, 3.63) is 65.5 Å². The van der Waals surface area contributed by atoms with Gasteiger partial charge in [-0.25, -0.2) is 0 Å². The van der Waals surface area contributed by atoms with E-state index in [1.54, 1.807) is 13.2 Å². The third-order valence-corrected chi connectivity index (χ3v) is 3.09. The van der Waals surface area contributed by atoms with E-state index in [1.165, 1.54) is 11.1 Å². The highest BCUT2D eigenvalue weighted by molar-refractivity contribution is 5.79. The first kappa shape index (κ1) is 14.1. The average Bonchev–Trinajstić information content (AvgIpc) is 2.50. The summed E-state index contributed by atoms with van der Waals surface area (Å²) in [7, 11) is 1.77. The molecule has 4 nitrogen and oxygen atoms in total. The van der Waals surface area contributed by atoms with Crippen molar-refractivity contribution in [2.75, 3.05) is 7.05 Å². The second kappa shape index (κ2) is 7.28. The van der Waals surface area contributed by atoms with Crippen LogP contribution in [0.5, 0.6) is 0 Å². The topological polar surface area (TPSA) is 49.3 Å². The van der Waals surface area contributed by atoms with Crippen LogP contribution in [-0.2, 0) is 13.1 Å². The lowest BCUT2D eigenvalue weighted by molar-refractivity contribution is 0.792. The van der Waals surface area contributed by atoms with Gasteiger partial charge in [-0.05, 0) is 30.2 Å². The fourth-order valence-corrected chi connectivity index (χ4v) is 1.88. The minimum absolute atomic E-state index is 0.661. The van der Waals surface area contributed by atoms with Crippen LogP contribution >= 0.6 is 0 Å². The highest BCUT2D eigenvalue weighted by Crippen LogP contribution is 2.05. The van der Waals surface area contributed by atoms with E-state index in [9.17, 15) is 0 Å². The van der Waals surface area contributed by atoms with Crippen molar-refractivity contribution in [1.82, 2.24) is 15.6 Å². The zero-order valence-corrected chi connectivity index (χ0v) is 11.9. The molecule has 1 aromatic carbocycles. The fraction of sp³-hybridized carbons (Fsp3) is 0.250. The Morgan fingerprint density at radius 1 is 1.05 bits per heavy atom. The molecule has 1 heterocycles. The summed E-state index contributed by atoms with van der Waals surface area (Å²) in [6.45, 7) is 3.53. The third-order valence-electron chi connectivity index (χ3n) is 3.09. The number of aliphatic imine (C=N–C) groups is 1. The van der Waals surface area contributed by atoms with E-state index in [2.05, 4.69) is 39.7 Å². The maximum atomic E-state index is 4.27. The van der Waals surface area contributed by atoms with Crippen LogP contribution in [0, 0.1) is 6.92 Å². The van der Waals surface area contributed by atoms with Crippen molar-refractivity contribution in [2.24, 2.45) is 4.99 Å². The monoisotopic (exact) mass is 268 g/mol. The Hall–Kier alpha value is -2.36. The van der Waals surface area contributed by atoms with E-state index in [0.29, 0.717) is 6.54 Å². The lowest BCUT2D eigenvalue weighted by atomic mass is 10.1. The van der Waals surface area contributed by atoms with Gasteiger partial charge in [-0.1, -0.05) is 30.3 Å². The Morgan fingerprint density at radius 3 is 2.50 bits per heavy atom. The van der Waals surface area contributed by atoms with Crippen molar-refractivity contribution < 1.29 is 0 Å². The predicted molar refractivity (Wildman–Crippen MR) is 82.5 cm³/mol. The van der Waals surface area contributed by atoms with Gasteiger partial charge in [-0.2, -0.15) is 0 Å². The number of benzene rings is 1. The molecule has 0 aliphatic rings. The van der Waals surface area contributed by atoms with Crippen molar-refractivity contribution >= 4 is 5.96 Å². The van der Waals surface area contributed by atoms with Gasteiger partial charge in [0.15, 0.2) is 5.96 Å². The van der Waals surface area contributed by atoms with E-state index in [1.807, 2.05) is 30.3 Å². The molecule has 0 atom stereocenters. The highest BCUT2D eigenvalue weighted by atomic mass is 15.2. The number of aryl methyl sites for hydroxylation is 1. The average molecular weight is 268 g/mol. The summed E-state index contributed by atoms with van der Waals surface area (Å²) in [6, 6.07) is 14.2. The molecule has 0 fully saturated rings. The summed E-state index contributed by atoms with van der Waals surface area (Å²) in [6.07, 6.45) is 1.79. The Morgan fingerprint density at radius 2 is 1.80 bits per heavy atom. The summed E-state index contributed by atoms with van der Waals surface area (Å²) >= 11 is 0. The number of nitrogens with one attached hydrogen (secondary N) is 2. The zero-order valence-electron chi connectivity index (χ0n) is 11.9. The maximum absolute atomic E-state index is 4.27. The van der Waals surface area contributed by atoms with Crippen molar-refractivity contribution in [2.45, 2.75) is 20.0 Å². The number of aromatic nitrogens is 1. The molecule has 2 rings (SSSR count). The minimum atomic E-state index is 0.661. The predicted octanol–water partition coefficient (Wildman–Crippen LogP) is 2.26. The largest absolute Gasteiger partial charge is 0.352 e. The van der Waals surface area contributed by atoms with E-state index < -0.39 is 0 Å². The molecule has 4 heteroatoms. The first-order valence-corrected chi connectivity index (χ1v) is 6.68. The van der Waals surface area contributed by atoms with Gasteiger partial charge in [0.1, 0.15) is 0 Å². The smallest absolute Gasteiger partial charge is 0.191 e. The van der Waals surface area contributed by atoms with Crippen LogP contribution in [0.3, 0.4) is 0 Å². The fourth-order valence-electron chi connectivity index (χ4n) is 1.88. The van der Waals surface area contributed by atoms with Crippen LogP contribution in [0.15, 0.2) is 53.7 Å². The van der Waals surface area contributed by atoms with Crippen molar-refractivity contribution in [3.63, 3.8) is 0 Å².